The zero-order valence-corrected chi connectivity index (χ0v) is 6.32. The van der Waals surface area contributed by atoms with Crippen molar-refractivity contribution in [3.8, 4) is 0 Å². The second kappa shape index (κ2) is 2.41. The van der Waals surface area contributed by atoms with Crippen LogP contribution >= 0.6 is 0 Å². The van der Waals surface area contributed by atoms with Crippen LogP contribution in [0.5, 0.6) is 0 Å². The predicted octanol–water partition coefficient (Wildman–Crippen LogP) is 1.04. The highest BCUT2D eigenvalue weighted by atomic mass is 16.1. The first kappa shape index (κ1) is 6.97. The number of rotatable bonds is 1. The number of carbonyl (C=O) groups is 1. The lowest BCUT2D eigenvalue weighted by Gasteiger charge is -2.08. The van der Waals surface area contributed by atoms with Crippen LogP contribution in [0, 0.1) is 0 Å². The Morgan fingerprint density at radius 2 is 2.33 bits per heavy atom. The smallest absolute Gasteiger partial charge is 0.244 e. The van der Waals surface area contributed by atoms with Gasteiger partial charge in [-0.25, -0.2) is 0 Å². The predicted molar refractivity (Wildman–Crippen MR) is 42.9 cm³/mol. The zero-order chi connectivity index (χ0) is 8.55. The highest BCUT2D eigenvalue weighted by molar-refractivity contribution is 5.93. The van der Waals surface area contributed by atoms with Gasteiger partial charge in [-0.2, -0.15) is 10.2 Å². The van der Waals surface area contributed by atoms with Crippen LogP contribution in [0.15, 0.2) is 45.4 Å². The second-order valence-corrected chi connectivity index (χ2v) is 2.65. The first-order valence-corrected chi connectivity index (χ1v) is 3.58. The average Bonchev–Trinajstić information content (AvgIpc) is 2.49. The van der Waals surface area contributed by atoms with Gasteiger partial charge in [0.15, 0.2) is 0 Å². The minimum Gasteiger partial charge on any atom is -0.366 e. The Balaban J connectivity index is 2.33. The Labute approximate surface area is 69.2 Å². The maximum Gasteiger partial charge on any atom is 0.244 e. The van der Waals surface area contributed by atoms with E-state index in [0.29, 0.717) is 12.0 Å². The first-order valence-electron chi connectivity index (χ1n) is 3.58. The van der Waals surface area contributed by atoms with Crippen molar-refractivity contribution in [2.75, 3.05) is 0 Å². The van der Waals surface area contributed by atoms with Crippen molar-refractivity contribution < 1.29 is 4.79 Å². The number of azo groups is 1. The van der Waals surface area contributed by atoms with Crippen molar-refractivity contribution in [2.45, 2.75) is 6.42 Å². The summed E-state index contributed by atoms with van der Waals surface area (Å²) in [5, 5.41) is 7.58. The minimum atomic E-state index is -0.377. The van der Waals surface area contributed by atoms with Gasteiger partial charge < -0.3 is 5.73 Å². The number of hydrogen-bond donors (Lipinski definition) is 1. The number of nitrogens with zero attached hydrogens (tertiary/aromatic N) is 2. The quantitative estimate of drug-likeness (QED) is 0.613. The van der Waals surface area contributed by atoms with E-state index in [1.807, 2.05) is 0 Å². The summed E-state index contributed by atoms with van der Waals surface area (Å²) in [5.41, 5.74) is 7.53. The molecule has 0 spiro atoms. The van der Waals surface area contributed by atoms with Crippen LogP contribution in [-0.2, 0) is 4.79 Å². The molecule has 12 heavy (non-hydrogen) atoms. The van der Waals surface area contributed by atoms with Gasteiger partial charge >= 0.3 is 0 Å². The largest absolute Gasteiger partial charge is 0.366 e. The van der Waals surface area contributed by atoms with Crippen molar-refractivity contribution in [1.82, 2.24) is 0 Å². The van der Waals surface area contributed by atoms with Gasteiger partial charge in [-0.1, -0.05) is 6.08 Å². The Morgan fingerprint density at radius 1 is 1.50 bits per heavy atom. The summed E-state index contributed by atoms with van der Waals surface area (Å²) < 4.78 is 0. The lowest BCUT2D eigenvalue weighted by atomic mass is 9.98. The lowest BCUT2D eigenvalue weighted by Crippen LogP contribution is -2.15. The third kappa shape index (κ3) is 0.972. The Hall–Kier alpha value is -1.71. The number of fused-ring (bicyclic) bond motifs is 1. The molecule has 2 rings (SSSR count). The molecular formula is C8H7N3O. The molecule has 0 aromatic carbocycles. The molecule has 1 aliphatic carbocycles. The summed E-state index contributed by atoms with van der Waals surface area (Å²) in [7, 11) is 0. The van der Waals surface area contributed by atoms with Crippen molar-refractivity contribution in [3.05, 3.63) is 35.2 Å². The van der Waals surface area contributed by atoms with E-state index >= 15 is 0 Å². The highest BCUT2D eigenvalue weighted by Crippen LogP contribution is 2.28. The van der Waals surface area contributed by atoms with Crippen molar-refractivity contribution in [3.63, 3.8) is 0 Å². The van der Waals surface area contributed by atoms with Gasteiger partial charge in [-0.3, -0.25) is 4.79 Å². The van der Waals surface area contributed by atoms with Crippen molar-refractivity contribution in [1.29, 1.82) is 0 Å². The molecule has 1 amide bonds. The summed E-state index contributed by atoms with van der Waals surface area (Å²) in [6.45, 7) is 0. The molecule has 4 heteroatoms. The molecule has 4 nitrogen and oxygen atoms in total. The molecule has 1 aliphatic heterocycles. The number of nitrogens with two attached hydrogens (primary N) is 1. The monoisotopic (exact) mass is 161 g/mol. The van der Waals surface area contributed by atoms with Gasteiger partial charge in [0.05, 0.1) is 11.9 Å². The molecule has 0 unspecified atom stereocenters. The normalized spacial score (nSPS) is 19.5. The third-order valence-corrected chi connectivity index (χ3v) is 1.85. The molecule has 0 aromatic rings. The van der Waals surface area contributed by atoms with Gasteiger partial charge in [-0.05, 0) is 6.08 Å². The molecule has 0 bridgehead atoms. The number of carbonyl (C=O) groups excluding carboxylic acids is 1. The van der Waals surface area contributed by atoms with Gasteiger partial charge in [0.2, 0.25) is 5.91 Å². The number of primary amides is 1. The SMILES string of the molecule is NC(=O)C1=CC=C2N=NC=C2C1. The van der Waals surface area contributed by atoms with Crippen LogP contribution in [0.2, 0.25) is 0 Å². The van der Waals surface area contributed by atoms with E-state index in [2.05, 4.69) is 10.2 Å². The first-order chi connectivity index (χ1) is 5.77. The molecule has 0 saturated carbocycles. The van der Waals surface area contributed by atoms with Crippen molar-refractivity contribution >= 4 is 5.91 Å². The fourth-order valence-electron chi connectivity index (χ4n) is 1.18. The van der Waals surface area contributed by atoms with Gasteiger partial charge in [0.1, 0.15) is 0 Å². The van der Waals surface area contributed by atoms with Gasteiger partial charge in [0.25, 0.3) is 0 Å². The standard InChI is InChI=1S/C8H7N3O/c9-8(12)5-1-2-7-6(3-5)4-10-11-7/h1-2,4H,3H2,(H2,9,12). The van der Waals surface area contributed by atoms with E-state index in [1.165, 1.54) is 0 Å². The van der Waals surface area contributed by atoms with Gasteiger partial charge in [-0.15, -0.1) is 0 Å². The molecular weight excluding hydrogens is 154 g/mol. The van der Waals surface area contributed by atoms with E-state index in [4.69, 9.17) is 5.73 Å². The highest BCUT2D eigenvalue weighted by Gasteiger charge is 2.17. The van der Waals surface area contributed by atoms with E-state index < -0.39 is 0 Å². The maximum absolute atomic E-state index is 10.8. The summed E-state index contributed by atoms with van der Waals surface area (Å²) in [5.74, 6) is -0.377. The average molecular weight is 161 g/mol. The Kier molecular flexibility index (Phi) is 1.40. The molecule has 0 fully saturated rings. The molecule has 2 N–H and O–H groups in total. The van der Waals surface area contributed by atoms with E-state index in [-0.39, 0.29) is 5.91 Å². The van der Waals surface area contributed by atoms with E-state index in [9.17, 15) is 4.79 Å². The minimum absolute atomic E-state index is 0.377. The van der Waals surface area contributed by atoms with Gasteiger partial charge in [0, 0.05) is 17.6 Å². The summed E-state index contributed by atoms with van der Waals surface area (Å²) in [6.07, 6.45) is 5.65. The summed E-state index contributed by atoms with van der Waals surface area (Å²) in [6, 6.07) is 0. The van der Waals surface area contributed by atoms with Crippen LogP contribution in [0.3, 0.4) is 0 Å². The fourth-order valence-corrected chi connectivity index (χ4v) is 1.18. The second-order valence-electron chi connectivity index (χ2n) is 2.65. The van der Waals surface area contributed by atoms with Crippen LogP contribution < -0.4 is 5.73 Å². The molecule has 0 atom stereocenters. The molecule has 60 valence electrons. The van der Waals surface area contributed by atoms with E-state index in [1.54, 1.807) is 18.4 Å². The maximum atomic E-state index is 10.8. The number of amides is 1. The summed E-state index contributed by atoms with van der Waals surface area (Å²) in [4.78, 5) is 10.8. The van der Waals surface area contributed by atoms with Crippen LogP contribution in [0.25, 0.3) is 0 Å². The molecule has 1 heterocycles. The molecule has 0 aromatic heterocycles. The molecule has 2 aliphatic rings. The van der Waals surface area contributed by atoms with Crippen LogP contribution in [0.1, 0.15) is 6.42 Å². The van der Waals surface area contributed by atoms with Crippen molar-refractivity contribution in [2.24, 2.45) is 16.0 Å². The van der Waals surface area contributed by atoms with E-state index in [0.717, 1.165) is 11.3 Å². The topological polar surface area (TPSA) is 67.8 Å². The lowest BCUT2D eigenvalue weighted by molar-refractivity contribution is -0.114. The molecule has 0 saturated heterocycles. The molecule has 0 radical (unpaired) electrons. The Morgan fingerprint density at radius 3 is 3.08 bits per heavy atom. The number of hydrogen-bond acceptors (Lipinski definition) is 3. The Bertz CT molecular complexity index is 360. The third-order valence-electron chi connectivity index (χ3n) is 1.85. The fraction of sp³-hybridized carbons (Fsp3) is 0.125. The number of allylic oxidation sites excluding steroid dienone is 3. The van der Waals surface area contributed by atoms with Crippen LogP contribution in [-0.4, -0.2) is 5.91 Å². The zero-order valence-electron chi connectivity index (χ0n) is 6.32. The summed E-state index contributed by atoms with van der Waals surface area (Å²) >= 11 is 0. The van der Waals surface area contributed by atoms with Crippen LogP contribution in [0.4, 0.5) is 0 Å².